The van der Waals surface area contributed by atoms with Crippen molar-refractivity contribution in [2.24, 2.45) is 0 Å². The van der Waals surface area contributed by atoms with Crippen LogP contribution in [0.2, 0.25) is 5.02 Å². The molecular formula is C22H25ClN4O5S. The predicted octanol–water partition coefficient (Wildman–Crippen LogP) is 3.24. The van der Waals surface area contributed by atoms with Gasteiger partial charge < -0.3 is 14.2 Å². The molecule has 1 heterocycles. The van der Waals surface area contributed by atoms with Gasteiger partial charge in [-0.25, -0.2) is 12.7 Å². The predicted molar refractivity (Wildman–Crippen MR) is 123 cm³/mol. The van der Waals surface area contributed by atoms with E-state index in [0.717, 1.165) is 9.87 Å². The normalized spacial score (nSPS) is 11.6. The molecule has 0 bridgehead atoms. The SMILES string of the molecule is COc1ccc(S(=O)(=O)N(C)C)cc1CCC(=O)N(C)Cc1nc(-c2ccc(Cl)cc2)no1. The Hall–Kier alpha value is -2.95. The van der Waals surface area contributed by atoms with E-state index in [2.05, 4.69) is 10.1 Å². The molecule has 0 unspecified atom stereocenters. The van der Waals surface area contributed by atoms with E-state index in [1.165, 1.54) is 38.2 Å². The van der Waals surface area contributed by atoms with Crippen LogP contribution in [0.15, 0.2) is 51.9 Å². The minimum atomic E-state index is -3.60. The van der Waals surface area contributed by atoms with Gasteiger partial charge in [0.2, 0.25) is 27.6 Å². The number of rotatable bonds is 9. The molecule has 0 atom stereocenters. The molecule has 0 aliphatic heterocycles. The van der Waals surface area contributed by atoms with Gasteiger partial charge >= 0.3 is 0 Å². The Kier molecular flexibility index (Phi) is 7.72. The summed E-state index contributed by atoms with van der Waals surface area (Å²) in [6.45, 7) is 0.144. The Morgan fingerprint density at radius 1 is 1.12 bits per heavy atom. The molecule has 0 saturated carbocycles. The number of amides is 1. The van der Waals surface area contributed by atoms with Crippen LogP contribution in [0.5, 0.6) is 5.75 Å². The summed E-state index contributed by atoms with van der Waals surface area (Å²) >= 11 is 5.90. The van der Waals surface area contributed by atoms with E-state index in [1.807, 2.05) is 0 Å². The van der Waals surface area contributed by atoms with E-state index >= 15 is 0 Å². The minimum Gasteiger partial charge on any atom is -0.496 e. The lowest BCUT2D eigenvalue weighted by Crippen LogP contribution is -2.26. The van der Waals surface area contributed by atoms with Gasteiger partial charge in [0.25, 0.3) is 0 Å². The topological polar surface area (TPSA) is 106 Å². The maximum Gasteiger partial charge on any atom is 0.246 e. The monoisotopic (exact) mass is 492 g/mol. The number of methoxy groups -OCH3 is 1. The summed E-state index contributed by atoms with van der Waals surface area (Å²) in [6.07, 6.45) is 0.458. The molecule has 1 aromatic heterocycles. The molecule has 1 amide bonds. The van der Waals surface area contributed by atoms with Crippen LogP contribution in [0.25, 0.3) is 11.4 Å². The lowest BCUT2D eigenvalue weighted by atomic mass is 10.1. The molecule has 176 valence electrons. The van der Waals surface area contributed by atoms with Crippen molar-refractivity contribution in [3.63, 3.8) is 0 Å². The number of aryl methyl sites for hydroxylation is 1. The van der Waals surface area contributed by atoms with Gasteiger partial charge in [0, 0.05) is 38.1 Å². The summed E-state index contributed by atoms with van der Waals surface area (Å²) in [5.41, 5.74) is 1.38. The van der Waals surface area contributed by atoms with Gasteiger partial charge in [-0.1, -0.05) is 16.8 Å². The third kappa shape index (κ3) is 5.89. The molecule has 0 saturated heterocycles. The lowest BCUT2D eigenvalue weighted by Gasteiger charge is -2.17. The molecule has 3 aromatic rings. The largest absolute Gasteiger partial charge is 0.496 e. The standard InChI is InChI=1S/C22H25ClN4O5S/c1-26(2)33(29,30)18-10-11-19(31-4)16(13-18)7-12-21(28)27(3)14-20-24-22(25-32-20)15-5-8-17(23)9-6-15/h5-6,8-11,13H,7,12,14H2,1-4H3. The van der Waals surface area contributed by atoms with Crippen molar-refractivity contribution < 1.29 is 22.5 Å². The first kappa shape index (κ1) is 24.7. The highest BCUT2D eigenvalue weighted by molar-refractivity contribution is 7.89. The fraction of sp³-hybridized carbons (Fsp3) is 0.318. The van der Waals surface area contributed by atoms with Gasteiger partial charge in [0.05, 0.1) is 18.6 Å². The van der Waals surface area contributed by atoms with Gasteiger partial charge in [-0.3, -0.25) is 4.79 Å². The number of sulfonamides is 1. The van der Waals surface area contributed by atoms with Crippen LogP contribution in [-0.2, 0) is 27.8 Å². The van der Waals surface area contributed by atoms with Gasteiger partial charge in [-0.15, -0.1) is 0 Å². The van der Waals surface area contributed by atoms with Crippen molar-refractivity contribution in [1.82, 2.24) is 19.3 Å². The maximum absolute atomic E-state index is 12.7. The van der Waals surface area contributed by atoms with Gasteiger partial charge in [-0.2, -0.15) is 4.98 Å². The summed E-state index contributed by atoms with van der Waals surface area (Å²) in [5, 5.41) is 4.55. The maximum atomic E-state index is 12.7. The van der Waals surface area contributed by atoms with Crippen molar-refractivity contribution in [3.8, 4) is 17.1 Å². The number of benzene rings is 2. The van der Waals surface area contributed by atoms with E-state index in [0.29, 0.717) is 34.5 Å². The van der Waals surface area contributed by atoms with E-state index in [1.54, 1.807) is 37.4 Å². The van der Waals surface area contributed by atoms with E-state index < -0.39 is 10.0 Å². The molecule has 0 spiro atoms. The quantitative estimate of drug-likeness (QED) is 0.451. The second kappa shape index (κ2) is 10.3. The zero-order valence-electron chi connectivity index (χ0n) is 18.8. The molecule has 0 N–H and O–H groups in total. The molecule has 9 nitrogen and oxygen atoms in total. The second-order valence-corrected chi connectivity index (χ2v) is 10.1. The average molecular weight is 493 g/mol. The summed E-state index contributed by atoms with van der Waals surface area (Å²) < 4.78 is 36.6. The number of nitrogens with zero attached hydrogens (tertiary/aromatic N) is 4. The van der Waals surface area contributed by atoms with E-state index in [9.17, 15) is 13.2 Å². The van der Waals surface area contributed by atoms with Crippen molar-refractivity contribution in [2.45, 2.75) is 24.3 Å². The summed E-state index contributed by atoms with van der Waals surface area (Å²) in [7, 11) is 2.47. The highest BCUT2D eigenvalue weighted by atomic mass is 35.5. The van der Waals surface area contributed by atoms with Crippen molar-refractivity contribution in [3.05, 3.63) is 58.9 Å². The number of hydrogen-bond donors (Lipinski definition) is 0. The Balaban J connectivity index is 1.65. The van der Waals surface area contributed by atoms with Crippen LogP contribution in [-0.4, -0.2) is 61.9 Å². The van der Waals surface area contributed by atoms with Crippen molar-refractivity contribution >= 4 is 27.5 Å². The van der Waals surface area contributed by atoms with Gasteiger partial charge in [-0.05, 0) is 54.4 Å². The zero-order chi connectivity index (χ0) is 24.2. The number of carbonyl (C=O) groups excluding carboxylic acids is 1. The van der Waals surface area contributed by atoms with E-state index in [-0.39, 0.29) is 23.8 Å². The van der Waals surface area contributed by atoms with Gasteiger partial charge in [0.15, 0.2) is 0 Å². The Labute approximate surface area is 198 Å². The van der Waals surface area contributed by atoms with Crippen LogP contribution in [0, 0.1) is 0 Å². The highest BCUT2D eigenvalue weighted by Crippen LogP contribution is 2.25. The van der Waals surface area contributed by atoms with Crippen LogP contribution < -0.4 is 4.74 Å². The average Bonchev–Trinajstić information content (AvgIpc) is 3.25. The number of carbonyl (C=O) groups is 1. The third-order valence-electron chi connectivity index (χ3n) is 5.01. The fourth-order valence-electron chi connectivity index (χ4n) is 3.08. The first-order chi connectivity index (χ1) is 15.6. The first-order valence-electron chi connectivity index (χ1n) is 10.0. The molecule has 0 radical (unpaired) electrons. The highest BCUT2D eigenvalue weighted by Gasteiger charge is 2.20. The molecule has 33 heavy (non-hydrogen) atoms. The van der Waals surface area contributed by atoms with Crippen LogP contribution in [0.1, 0.15) is 17.9 Å². The van der Waals surface area contributed by atoms with Gasteiger partial charge in [0.1, 0.15) is 5.75 Å². The second-order valence-electron chi connectivity index (χ2n) is 7.53. The molecule has 2 aromatic carbocycles. The Morgan fingerprint density at radius 2 is 1.82 bits per heavy atom. The third-order valence-corrected chi connectivity index (χ3v) is 7.07. The number of halogens is 1. The summed E-state index contributed by atoms with van der Waals surface area (Å²) in [5.74, 6) is 1.07. The number of aromatic nitrogens is 2. The fourth-order valence-corrected chi connectivity index (χ4v) is 4.16. The summed E-state index contributed by atoms with van der Waals surface area (Å²) in [6, 6.07) is 11.6. The number of hydrogen-bond acceptors (Lipinski definition) is 7. The summed E-state index contributed by atoms with van der Waals surface area (Å²) in [4.78, 5) is 18.6. The van der Waals surface area contributed by atoms with Crippen LogP contribution in [0.3, 0.4) is 0 Å². The molecule has 0 fully saturated rings. The first-order valence-corrected chi connectivity index (χ1v) is 11.9. The van der Waals surface area contributed by atoms with Crippen LogP contribution in [0.4, 0.5) is 0 Å². The Bertz CT molecular complexity index is 1230. The lowest BCUT2D eigenvalue weighted by molar-refractivity contribution is -0.130. The molecule has 0 aliphatic rings. The zero-order valence-corrected chi connectivity index (χ0v) is 20.4. The molecule has 3 rings (SSSR count). The molecule has 11 heteroatoms. The molecular weight excluding hydrogens is 468 g/mol. The molecule has 0 aliphatic carbocycles. The Morgan fingerprint density at radius 3 is 2.45 bits per heavy atom. The minimum absolute atomic E-state index is 0.143. The van der Waals surface area contributed by atoms with E-state index in [4.69, 9.17) is 20.9 Å². The van der Waals surface area contributed by atoms with Crippen molar-refractivity contribution in [1.29, 1.82) is 0 Å². The van der Waals surface area contributed by atoms with Crippen molar-refractivity contribution in [2.75, 3.05) is 28.3 Å². The van der Waals surface area contributed by atoms with Crippen LogP contribution >= 0.6 is 11.6 Å². The number of ether oxygens (including phenoxy) is 1. The smallest absolute Gasteiger partial charge is 0.246 e.